The summed E-state index contributed by atoms with van der Waals surface area (Å²) in [6.07, 6.45) is 7.72. The van der Waals surface area contributed by atoms with Crippen LogP contribution in [0.15, 0.2) is 53.6 Å². The smallest absolute Gasteiger partial charge is 0.343 e. The van der Waals surface area contributed by atoms with Gasteiger partial charge in [-0.05, 0) is 67.0 Å². The molecule has 0 radical (unpaired) electrons. The van der Waals surface area contributed by atoms with Crippen LogP contribution in [0.5, 0.6) is 11.5 Å². The molecule has 152 valence electrons. The fourth-order valence-electron chi connectivity index (χ4n) is 3.18. The lowest BCUT2D eigenvalue weighted by Crippen LogP contribution is -2.40. The minimum absolute atomic E-state index is 0.430. The zero-order chi connectivity index (χ0) is 20.5. The number of hydrogen-bond donors (Lipinski definition) is 2. The van der Waals surface area contributed by atoms with Gasteiger partial charge in [0.1, 0.15) is 11.5 Å². The molecule has 1 aliphatic rings. The number of nitrogens with zero attached hydrogens (tertiary/aromatic N) is 1. The van der Waals surface area contributed by atoms with Gasteiger partial charge in [0.25, 0.3) is 0 Å². The molecule has 2 aromatic carbocycles. The van der Waals surface area contributed by atoms with E-state index in [0.29, 0.717) is 28.2 Å². The van der Waals surface area contributed by atoms with E-state index in [-0.39, 0.29) is 0 Å². The molecule has 2 N–H and O–H groups in total. The standard InChI is InChI=1S/C22H25N3O3S/c1-27-19-12-10-17(11-13-19)21(26)28-20-9-5-6-16(14-20)15-23-25-22(29)24-18-7-3-2-4-8-18/h5-6,9-15,18H,2-4,7-8H2,1H3,(H2,24,25,29)/b23-15-. The minimum atomic E-state index is -0.433. The predicted molar refractivity (Wildman–Crippen MR) is 118 cm³/mol. The SMILES string of the molecule is COc1ccc(C(=O)Oc2cccc(/C=N\NC(=S)NC3CCCCC3)c2)cc1. The average molecular weight is 412 g/mol. The molecular weight excluding hydrogens is 386 g/mol. The van der Waals surface area contributed by atoms with E-state index in [1.165, 1.54) is 19.3 Å². The molecule has 1 fully saturated rings. The molecule has 0 aliphatic heterocycles. The maximum Gasteiger partial charge on any atom is 0.343 e. The minimum Gasteiger partial charge on any atom is -0.497 e. The topological polar surface area (TPSA) is 72.0 Å². The molecule has 0 saturated heterocycles. The van der Waals surface area contributed by atoms with Gasteiger partial charge in [-0.25, -0.2) is 4.79 Å². The lowest BCUT2D eigenvalue weighted by molar-refractivity contribution is 0.0734. The number of hydrazone groups is 1. The Bertz CT molecular complexity index is 862. The van der Waals surface area contributed by atoms with Crippen LogP contribution in [-0.2, 0) is 0 Å². The largest absolute Gasteiger partial charge is 0.497 e. The fourth-order valence-corrected chi connectivity index (χ4v) is 3.40. The van der Waals surface area contributed by atoms with Crippen LogP contribution in [0.25, 0.3) is 0 Å². The molecule has 1 aliphatic carbocycles. The summed E-state index contributed by atoms with van der Waals surface area (Å²) >= 11 is 5.29. The Morgan fingerprint density at radius 2 is 1.86 bits per heavy atom. The first-order valence-electron chi connectivity index (χ1n) is 9.70. The van der Waals surface area contributed by atoms with Crippen LogP contribution >= 0.6 is 12.2 Å². The quantitative estimate of drug-likeness (QED) is 0.246. The highest BCUT2D eigenvalue weighted by molar-refractivity contribution is 7.80. The number of methoxy groups -OCH3 is 1. The zero-order valence-electron chi connectivity index (χ0n) is 16.4. The second-order valence-electron chi connectivity index (χ2n) is 6.87. The van der Waals surface area contributed by atoms with Crippen LogP contribution in [0, 0.1) is 0 Å². The van der Waals surface area contributed by atoms with Crippen molar-refractivity contribution in [2.75, 3.05) is 7.11 Å². The van der Waals surface area contributed by atoms with Gasteiger partial charge >= 0.3 is 5.97 Å². The van der Waals surface area contributed by atoms with E-state index in [0.717, 1.165) is 18.4 Å². The number of benzene rings is 2. The third kappa shape index (κ3) is 6.57. The highest BCUT2D eigenvalue weighted by atomic mass is 32.1. The van der Waals surface area contributed by atoms with Crippen molar-refractivity contribution in [1.29, 1.82) is 0 Å². The second-order valence-corrected chi connectivity index (χ2v) is 7.28. The van der Waals surface area contributed by atoms with Gasteiger partial charge in [-0.1, -0.05) is 31.4 Å². The van der Waals surface area contributed by atoms with Crippen LogP contribution in [0.3, 0.4) is 0 Å². The zero-order valence-corrected chi connectivity index (χ0v) is 17.2. The summed E-state index contributed by atoms with van der Waals surface area (Å²) < 4.78 is 10.5. The van der Waals surface area contributed by atoms with Crippen molar-refractivity contribution >= 4 is 29.5 Å². The lowest BCUT2D eigenvalue weighted by Gasteiger charge is -2.23. The van der Waals surface area contributed by atoms with Gasteiger partial charge < -0.3 is 14.8 Å². The highest BCUT2D eigenvalue weighted by Gasteiger charge is 2.13. The van der Waals surface area contributed by atoms with Gasteiger partial charge in [0.2, 0.25) is 0 Å². The van der Waals surface area contributed by atoms with Gasteiger partial charge in [-0.15, -0.1) is 0 Å². The Balaban J connectivity index is 1.52. The van der Waals surface area contributed by atoms with Crippen molar-refractivity contribution in [1.82, 2.24) is 10.7 Å². The summed E-state index contributed by atoms with van der Waals surface area (Å²) in [4.78, 5) is 12.3. The maximum atomic E-state index is 12.3. The third-order valence-corrected chi connectivity index (χ3v) is 4.92. The molecule has 0 heterocycles. The van der Waals surface area contributed by atoms with Gasteiger partial charge in [0.05, 0.1) is 18.9 Å². The molecule has 0 spiro atoms. The van der Waals surface area contributed by atoms with Gasteiger partial charge in [0.15, 0.2) is 5.11 Å². The maximum absolute atomic E-state index is 12.3. The predicted octanol–water partition coefficient (Wildman–Crippen LogP) is 4.05. The van der Waals surface area contributed by atoms with Crippen molar-refractivity contribution in [2.24, 2.45) is 5.10 Å². The van der Waals surface area contributed by atoms with Crippen molar-refractivity contribution < 1.29 is 14.3 Å². The molecule has 29 heavy (non-hydrogen) atoms. The van der Waals surface area contributed by atoms with Crippen molar-refractivity contribution in [3.8, 4) is 11.5 Å². The molecule has 0 aromatic heterocycles. The molecule has 3 rings (SSSR count). The molecule has 2 aromatic rings. The number of carbonyl (C=O) groups is 1. The van der Waals surface area contributed by atoms with Crippen molar-refractivity contribution in [2.45, 2.75) is 38.1 Å². The fraction of sp³-hybridized carbons (Fsp3) is 0.318. The number of hydrogen-bond acceptors (Lipinski definition) is 5. The van der Waals surface area contributed by atoms with Crippen LogP contribution in [0.1, 0.15) is 48.0 Å². The summed E-state index contributed by atoms with van der Waals surface area (Å²) in [6, 6.07) is 14.3. The Morgan fingerprint density at radius 1 is 1.10 bits per heavy atom. The number of thiocarbonyl (C=S) groups is 1. The summed E-state index contributed by atoms with van der Waals surface area (Å²) in [7, 11) is 1.58. The number of rotatable bonds is 6. The first-order valence-corrected chi connectivity index (χ1v) is 10.1. The van der Waals surface area contributed by atoms with Crippen LogP contribution in [0.2, 0.25) is 0 Å². The van der Waals surface area contributed by atoms with Crippen LogP contribution < -0.4 is 20.2 Å². The molecule has 6 nitrogen and oxygen atoms in total. The summed E-state index contributed by atoms with van der Waals surface area (Å²) in [6.45, 7) is 0. The van der Waals surface area contributed by atoms with E-state index >= 15 is 0 Å². The number of carbonyl (C=O) groups excluding carboxylic acids is 1. The Labute approximate surface area is 176 Å². The van der Waals surface area contributed by atoms with Gasteiger partial charge in [-0.2, -0.15) is 5.10 Å². The van der Waals surface area contributed by atoms with E-state index < -0.39 is 5.97 Å². The van der Waals surface area contributed by atoms with E-state index in [2.05, 4.69) is 15.8 Å². The molecule has 7 heteroatoms. The van der Waals surface area contributed by atoms with Gasteiger partial charge in [0, 0.05) is 6.04 Å². The molecule has 0 bridgehead atoms. The second kappa shape index (κ2) is 10.6. The lowest BCUT2D eigenvalue weighted by atomic mass is 9.96. The monoisotopic (exact) mass is 411 g/mol. The molecular formula is C22H25N3O3S. The molecule has 1 saturated carbocycles. The van der Waals surface area contributed by atoms with E-state index in [9.17, 15) is 4.79 Å². The third-order valence-electron chi connectivity index (χ3n) is 4.71. The number of nitrogens with one attached hydrogen (secondary N) is 2. The normalized spacial score (nSPS) is 14.4. The van der Waals surface area contributed by atoms with Crippen molar-refractivity contribution in [3.63, 3.8) is 0 Å². The molecule has 0 unspecified atom stereocenters. The van der Waals surface area contributed by atoms with Crippen molar-refractivity contribution in [3.05, 3.63) is 59.7 Å². The van der Waals surface area contributed by atoms with Crippen LogP contribution in [-0.4, -0.2) is 30.4 Å². The van der Waals surface area contributed by atoms with E-state index in [4.69, 9.17) is 21.7 Å². The first kappa shape index (κ1) is 20.8. The molecule has 0 atom stereocenters. The summed E-state index contributed by atoms with van der Waals surface area (Å²) in [5.74, 6) is 0.693. The first-order chi connectivity index (χ1) is 14.1. The van der Waals surface area contributed by atoms with Crippen LogP contribution in [0.4, 0.5) is 0 Å². The number of ether oxygens (including phenoxy) is 2. The number of esters is 1. The highest BCUT2D eigenvalue weighted by Crippen LogP contribution is 2.18. The summed E-state index contributed by atoms with van der Waals surface area (Å²) in [5, 5.41) is 7.99. The Morgan fingerprint density at radius 3 is 2.59 bits per heavy atom. The summed E-state index contributed by atoms with van der Waals surface area (Å²) in [5.41, 5.74) is 4.09. The average Bonchev–Trinajstić information content (AvgIpc) is 2.75. The Hall–Kier alpha value is -2.93. The van der Waals surface area contributed by atoms with E-state index in [1.54, 1.807) is 55.8 Å². The van der Waals surface area contributed by atoms with Gasteiger partial charge in [-0.3, -0.25) is 5.43 Å². The molecule has 0 amide bonds. The Kier molecular flexibility index (Phi) is 7.58. The van der Waals surface area contributed by atoms with E-state index in [1.807, 2.05) is 6.07 Å².